The van der Waals surface area contributed by atoms with Crippen molar-refractivity contribution in [2.75, 3.05) is 0 Å². The molecule has 27 heavy (non-hydrogen) atoms. The monoisotopic (exact) mass is 480 g/mol. The summed E-state index contributed by atoms with van der Waals surface area (Å²) in [6, 6.07) is 12.4. The molecular formula is C24H34F2Sn. The van der Waals surface area contributed by atoms with Crippen LogP contribution in [0.4, 0.5) is 8.78 Å². The Balaban J connectivity index is 2.64. The first-order valence-electron chi connectivity index (χ1n) is 10.6. The van der Waals surface area contributed by atoms with Crippen LogP contribution in [0.25, 0.3) is 11.1 Å². The molecule has 0 radical (unpaired) electrons. The van der Waals surface area contributed by atoms with E-state index in [0.717, 1.165) is 5.56 Å². The van der Waals surface area contributed by atoms with Crippen LogP contribution in [0.15, 0.2) is 42.5 Å². The third kappa shape index (κ3) is 5.56. The van der Waals surface area contributed by atoms with Crippen LogP contribution in [0, 0.1) is 11.6 Å². The van der Waals surface area contributed by atoms with Gasteiger partial charge in [-0.25, -0.2) is 0 Å². The molecule has 3 heteroatoms. The fourth-order valence-corrected chi connectivity index (χ4v) is 21.0. The summed E-state index contributed by atoms with van der Waals surface area (Å²) in [5.74, 6) is -0.881. The van der Waals surface area contributed by atoms with Gasteiger partial charge >= 0.3 is 169 Å². The summed E-state index contributed by atoms with van der Waals surface area (Å²) in [7, 11) is 0. The molecule has 148 valence electrons. The quantitative estimate of drug-likeness (QED) is 0.290. The van der Waals surface area contributed by atoms with Crippen molar-refractivity contribution >= 4 is 22.0 Å². The Morgan fingerprint density at radius 2 is 1.15 bits per heavy atom. The van der Waals surface area contributed by atoms with E-state index in [4.69, 9.17) is 0 Å². The molecule has 2 rings (SSSR count). The molecule has 0 spiro atoms. The first-order valence-corrected chi connectivity index (χ1v) is 18.1. The van der Waals surface area contributed by atoms with Gasteiger partial charge in [0.2, 0.25) is 0 Å². The van der Waals surface area contributed by atoms with E-state index >= 15 is 0 Å². The van der Waals surface area contributed by atoms with Gasteiger partial charge in [0, 0.05) is 0 Å². The zero-order chi connectivity index (χ0) is 19.7. The molecule has 0 bridgehead atoms. The topological polar surface area (TPSA) is 0 Å². The third-order valence-electron chi connectivity index (χ3n) is 5.76. The summed E-state index contributed by atoms with van der Waals surface area (Å²) in [4.78, 5) is 0. The van der Waals surface area contributed by atoms with Gasteiger partial charge in [-0.1, -0.05) is 0 Å². The molecule has 2 aromatic rings. The minimum atomic E-state index is -2.78. The Bertz CT molecular complexity index is 669. The van der Waals surface area contributed by atoms with Gasteiger partial charge < -0.3 is 0 Å². The first kappa shape index (κ1) is 22.4. The Hall–Kier alpha value is -0.901. The zero-order valence-corrected chi connectivity index (χ0v) is 20.0. The first-order chi connectivity index (χ1) is 13.1. The van der Waals surface area contributed by atoms with E-state index in [1.165, 1.54) is 73.6 Å². The van der Waals surface area contributed by atoms with Crippen LogP contribution < -0.4 is 3.58 Å². The van der Waals surface area contributed by atoms with Gasteiger partial charge in [0.05, 0.1) is 0 Å². The summed E-state index contributed by atoms with van der Waals surface area (Å²) < 4.78 is 34.5. The van der Waals surface area contributed by atoms with E-state index in [0.29, 0.717) is 0 Å². The molecule has 2 aromatic carbocycles. The van der Waals surface area contributed by atoms with Gasteiger partial charge in [-0.2, -0.15) is 0 Å². The average molecular weight is 479 g/mol. The summed E-state index contributed by atoms with van der Waals surface area (Å²) in [5.41, 5.74) is 1.01. The molecule has 0 N–H and O–H groups in total. The Labute approximate surface area is 168 Å². The van der Waals surface area contributed by atoms with Gasteiger partial charge in [-0.3, -0.25) is 0 Å². The van der Waals surface area contributed by atoms with E-state index in [2.05, 4.69) is 32.9 Å². The Morgan fingerprint density at radius 1 is 0.667 bits per heavy atom. The van der Waals surface area contributed by atoms with Gasteiger partial charge in [0.15, 0.2) is 0 Å². The molecule has 0 aromatic heterocycles. The fraction of sp³-hybridized carbons (Fsp3) is 0.500. The Kier molecular flexibility index (Phi) is 9.28. The van der Waals surface area contributed by atoms with E-state index in [1.807, 2.05) is 12.1 Å². The predicted octanol–water partition coefficient (Wildman–Crippen LogP) is 7.69. The van der Waals surface area contributed by atoms with Crippen molar-refractivity contribution in [2.45, 2.75) is 72.6 Å². The third-order valence-corrected chi connectivity index (χ3v) is 21.5. The molecule has 0 aliphatic heterocycles. The van der Waals surface area contributed by atoms with Crippen LogP contribution >= 0.6 is 0 Å². The van der Waals surface area contributed by atoms with Crippen LogP contribution in [0.5, 0.6) is 0 Å². The molecular weight excluding hydrogens is 445 g/mol. The van der Waals surface area contributed by atoms with Crippen LogP contribution in [0.2, 0.25) is 13.3 Å². The maximum absolute atomic E-state index is 14.6. The second kappa shape index (κ2) is 11.2. The second-order valence-corrected chi connectivity index (χ2v) is 20.9. The number of hydrogen-bond donors (Lipinski definition) is 0. The van der Waals surface area contributed by atoms with Gasteiger partial charge in [0.1, 0.15) is 0 Å². The normalized spacial score (nSPS) is 11.7. The van der Waals surface area contributed by atoms with Crippen molar-refractivity contribution in [2.24, 2.45) is 0 Å². The molecule has 0 unspecified atom stereocenters. The van der Waals surface area contributed by atoms with Crippen molar-refractivity contribution in [3.05, 3.63) is 54.1 Å². The Morgan fingerprint density at radius 3 is 1.63 bits per heavy atom. The number of hydrogen-bond acceptors (Lipinski definition) is 0. The van der Waals surface area contributed by atoms with E-state index in [9.17, 15) is 8.78 Å². The summed E-state index contributed by atoms with van der Waals surface area (Å²) in [6.45, 7) is 6.75. The van der Waals surface area contributed by atoms with E-state index in [-0.39, 0.29) is 5.56 Å². The van der Waals surface area contributed by atoms with Crippen LogP contribution in [0.3, 0.4) is 0 Å². The molecule has 0 saturated carbocycles. The SMILES string of the molecule is CCC[CH2][Sn]([CH2]CCC)([CH2]CCC)[c]1ccccc1-c1c(F)cccc1F. The molecule has 0 atom stereocenters. The van der Waals surface area contributed by atoms with Crippen molar-refractivity contribution in [1.82, 2.24) is 0 Å². The van der Waals surface area contributed by atoms with Crippen LogP contribution in [-0.2, 0) is 0 Å². The molecule has 0 amide bonds. The zero-order valence-electron chi connectivity index (χ0n) is 17.2. The molecule has 0 saturated heterocycles. The number of benzene rings is 2. The predicted molar refractivity (Wildman–Crippen MR) is 116 cm³/mol. The van der Waals surface area contributed by atoms with Crippen molar-refractivity contribution in [3.63, 3.8) is 0 Å². The van der Waals surface area contributed by atoms with Gasteiger partial charge in [0.25, 0.3) is 0 Å². The van der Waals surface area contributed by atoms with Crippen molar-refractivity contribution in [3.8, 4) is 11.1 Å². The average Bonchev–Trinajstić information content (AvgIpc) is 2.68. The molecule has 0 fully saturated rings. The summed E-state index contributed by atoms with van der Waals surface area (Å²) in [6.07, 6.45) is 7.26. The fourth-order valence-electron chi connectivity index (χ4n) is 4.24. The van der Waals surface area contributed by atoms with Crippen LogP contribution in [0.1, 0.15) is 59.3 Å². The van der Waals surface area contributed by atoms with Crippen molar-refractivity contribution in [1.29, 1.82) is 0 Å². The molecule has 0 aliphatic rings. The van der Waals surface area contributed by atoms with E-state index in [1.54, 1.807) is 0 Å². The number of halogens is 2. The molecule has 0 aliphatic carbocycles. The van der Waals surface area contributed by atoms with Gasteiger partial charge in [-0.15, -0.1) is 0 Å². The maximum atomic E-state index is 14.6. The second-order valence-electron chi connectivity index (χ2n) is 7.73. The van der Waals surface area contributed by atoms with E-state index < -0.39 is 30.0 Å². The van der Waals surface area contributed by atoms with Crippen LogP contribution in [-0.4, -0.2) is 18.4 Å². The minimum absolute atomic E-state index is 0.179. The number of unbranched alkanes of at least 4 members (excludes halogenated alkanes) is 3. The summed E-state index contributed by atoms with van der Waals surface area (Å²) in [5, 5.41) is 0. The summed E-state index contributed by atoms with van der Waals surface area (Å²) >= 11 is -2.78. The van der Waals surface area contributed by atoms with Crippen molar-refractivity contribution < 1.29 is 8.78 Å². The molecule has 0 nitrogen and oxygen atoms in total. The standard InChI is InChI=1S/C12H7F2.3C4H9.Sn/c13-10-7-4-8-11(14)12(10)9-5-2-1-3-6-9;3*1-3-4-2;/h1-5,7-8H;3*1,3-4H2,2H3;. The number of rotatable bonds is 11. The van der Waals surface area contributed by atoms with Gasteiger partial charge in [-0.05, 0) is 0 Å². The molecule has 0 heterocycles.